The number of allylic oxidation sites excluding steroid dienone is 2. The summed E-state index contributed by atoms with van der Waals surface area (Å²) in [6, 6.07) is 0. The van der Waals surface area contributed by atoms with Crippen molar-refractivity contribution in [1.29, 1.82) is 0 Å². The third-order valence-electron chi connectivity index (χ3n) is 3.57. The Bertz CT molecular complexity index is 340. The molecule has 0 saturated heterocycles. The molecule has 19 heavy (non-hydrogen) atoms. The average molecular weight is 269 g/mol. The van der Waals surface area contributed by atoms with Gasteiger partial charge in [-0.3, -0.25) is 9.59 Å². The molecule has 1 unspecified atom stereocenters. The van der Waals surface area contributed by atoms with Gasteiger partial charge in [0.2, 0.25) is 5.91 Å². The first kappa shape index (κ1) is 15.7. The highest BCUT2D eigenvalue weighted by Gasteiger charge is 2.33. The summed E-state index contributed by atoms with van der Waals surface area (Å²) in [7, 11) is 0. The lowest BCUT2D eigenvalue weighted by atomic mass is 9.82. The number of carboxylic acids is 1. The largest absolute Gasteiger partial charge is 0.481 e. The van der Waals surface area contributed by atoms with Gasteiger partial charge in [-0.05, 0) is 31.6 Å². The van der Waals surface area contributed by atoms with E-state index in [1.165, 1.54) is 0 Å². The zero-order chi connectivity index (χ0) is 14.3. The van der Waals surface area contributed by atoms with E-state index in [9.17, 15) is 9.59 Å². The van der Waals surface area contributed by atoms with Crippen LogP contribution in [-0.2, 0) is 9.59 Å². The SMILES string of the molecule is CC(CO)CCCNC(=O)[C@@H]1CC=CC[C@@H]1C(=O)O. The number of amides is 1. The van der Waals surface area contributed by atoms with Gasteiger partial charge in [-0.15, -0.1) is 0 Å². The van der Waals surface area contributed by atoms with Crippen LogP contribution in [0.25, 0.3) is 0 Å². The predicted molar refractivity (Wildman–Crippen MR) is 71.5 cm³/mol. The number of aliphatic carboxylic acids is 1. The zero-order valence-corrected chi connectivity index (χ0v) is 11.3. The maximum absolute atomic E-state index is 12.0. The van der Waals surface area contributed by atoms with Gasteiger partial charge in [0, 0.05) is 13.2 Å². The Morgan fingerprint density at radius 2 is 1.95 bits per heavy atom. The van der Waals surface area contributed by atoms with Crippen molar-refractivity contribution in [1.82, 2.24) is 5.32 Å². The highest BCUT2D eigenvalue weighted by Crippen LogP contribution is 2.25. The topological polar surface area (TPSA) is 86.6 Å². The van der Waals surface area contributed by atoms with E-state index in [2.05, 4.69) is 5.32 Å². The molecule has 3 atom stereocenters. The Kier molecular flexibility index (Phi) is 6.56. The highest BCUT2D eigenvalue weighted by molar-refractivity contribution is 5.85. The van der Waals surface area contributed by atoms with Crippen LogP contribution in [0, 0.1) is 17.8 Å². The van der Waals surface area contributed by atoms with Crippen molar-refractivity contribution in [3.05, 3.63) is 12.2 Å². The Balaban J connectivity index is 2.35. The number of rotatable bonds is 7. The Morgan fingerprint density at radius 1 is 1.32 bits per heavy atom. The number of hydrogen-bond donors (Lipinski definition) is 3. The summed E-state index contributed by atoms with van der Waals surface area (Å²) in [5.74, 6) is -1.91. The Labute approximate surface area is 113 Å². The maximum Gasteiger partial charge on any atom is 0.307 e. The first-order chi connectivity index (χ1) is 9.06. The van der Waals surface area contributed by atoms with Gasteiger partial charge in [-0.2, -0.15) is 0 Å². The van der Waals surface area contributed by atoms with E-state index in [-0.39, 0.29) is 18.4 Å². The smallest absolute Gasteiger partial charge is 0.307 e. The molecule has 5 nitrogen and oxygen atoms in total. The van der Waals surface area contributed by atoms with Crippen molar-refractivity contribution in [3.63, 3.8) is 0 Å². The van der Waals surface area contributed by atoms with Gasteiger partial charge >= 0.3 is 5.97 Å². The molecular formula is C14H23NO4. The molecule has 3 N–H and O–H groups in total. The molecule has 0 aromatic carbocycles. The molecule has 0 saturated carbocycles. The van der Waals surface area contributed by atoms with Crippen molar-refractivity contribution in [2.75, 3.05) is 13.2 Å². The predicted octanol–water partition coefficient (Wildman–Crippen LogP) is 1.18. The van der Waals surface area contributed by atoms with Crippen LogP contribution in [0.1, 0.15) is 32.6 Å². The number of aliphatic hydroxyl groups is 1. The summed E-state index contributed by atoms with van der Waals surface area (Å²) < 4.78 is 0. The van der Waals surface area contributed by atoms with Crippen LogP contribution < -0.4 is 5.32 Å². The number of hydrogen-bond acceptors (Lipinski definition) is 3. The first-order valence-electron chi connectivity index (χ1n) is 6.82. The minimum absolute atomic E-state index is 0.155. The molecule has 0 bridgehead atoms. The third-order valence-corrected chi connectivity index (χ3v) is 3.57. The van der Waals surface area contributed by atoms with Crippen molar-refractivity contribution in [2.45, 2.75) is 32.6 Å². The lowest BCUT2D eigenvalue weighted by Gasteiger charge is -2.24. The summed E-state index contributed by atoms with van der Waals surface area (Å²) in [5.41, 5.74) is 0. The van der Waals surface area contributed by atoms with Crippen LogP contribution in [-0.4, -0.2) is 35.2 Å². The van der Waals surface area contributed by atoms with Crippen LogP contribution in [0.15, 0.2) is 12.2 Å². The van der Waals surface area contributed by atoms with Gasteiger partial charge in [0.1, 0.15) is 0 Å². The summed E-state index contributed by atoms with van der Waals surface area (Å²) in [4.78, 5) is 23.1. The summed E-state index contributed by atoms with van der Waals surface area (Å²) in [5, 5.41) is 20.8. The van der Waals surface area contributed by atoms with E-state index in [1.54, 1.807) is 0 Å². The minimum Gasteiger partial charge on any atom is -0.481 e. The average Bonchev–Trinajstić information content (AvgIpc) is 2.42. The second kappa shape index (κ2) is 7.94. The molecule has 0 radical (unpaired) electrons. The molecule has 5 heteroatoms. The fourth-order valence-electron chi connectivity index (χ4n) is 2.26. The molecule has 0 spiro atoms. The standard InChI is InChI=1S/C14H23NO4/c1-10(9-16)5-4-8-15-13(17)11-6-2-3-7-12(11)14(18)19/h2-3,10-12,16H,4-9H2,1H3,(H,15,17)(H,18,19)/t10?,11-,12+/m1/s1. The fraction of sp³-hybridized carbons (Fsp3) is 0.714. The van der Waals surface area contributed by atoms with Crippen LogP contribution in [0.4, 0.5) is 0 Å². The zero-order valence-electron chi connectivity index (χ0n) is 11.3. The molecular weight excluding hydrogens is 246 g/mol. The van der Waals surface area contributed by atoms with Gasteiger partial charge in [0.25, 0.3) is 0 Å². The van der Waals surface area contributed by atoms with Gasteiger partial charge in [0.15, 0.2) is 0 Å². The van der Waals surface area contributed by atoms with E-state index < -0.39 is 17.8 Å². The van der Waals surface area contributed by atoms with E-state index in [0.717, 1.165) is 12.8 Å². The maximum atomic E-state index is 12.0. The van der Waals surface area contributed by atoms with Crippen LogP contribution >= 0.6 is 0 Å². The minimum atomic E-state index is -0.904. The number of carbonyl (C=O) groups excluding carboxylic acids is 1. The van der Waals surface area contributed by atoms with Gasteiger partial charge < -0.3 is 15.5 Å². The Hall–Kier alpha value is -1.36. The fourth-order valence-corrected chi connectivity index (χ4v) is 2.26. The van der Waals surface area contributed by atoms with Crippen molar-refractivity contribution >= 4 is 11.9 Å². The number of aliphatic hydroxyl groups excluding tert-OH is 1. The van der Waals surface area contributed by atoms with Crippen molar-refractivity contribution < 1.29 is 19.8 Å². The van der Waals surface area contributed by atoms with Crippen molar-refractivity contribution in [3.8, 4) is 0 Å². The van der Waals surface area contributed by atoms with Crippen LogP contribution in [0.3, 0.4) is 0 Å². The highest BCUT2D eigenvalue weighted by atomic mass is 16.4. The van der Waals surface area contributed by atoms with E-state index in [1.807, 2.05) is 19.1 Å². The lowest BCUT2D eigenvalue weighted by Crippen LogP contribution is -2.39. The second-order valence-electron chi connectivity index (χ2n) is 5.22. The molecule has 0 fully saturated rings. The molecule has 1 amide bonds. The normalized spacial score (nSPS) is 23.9. The molecule has 0 heterocycles. The van der Waals surface area contributed by atoms with Crippen LogP contribution in [0.5, 0.6) is 0 Å². The van der Waals surface area contributed by atoms with Gasteiger partial charge in [0.05, 0.1) is 11.8 Å². The van der Waals surface area contributed by atoms with E-state index in [4.69, 9.17) is 10.2 Å². The number of carboxylic acid groups (broad SMARTS) is 1. The molecule has 108 valence electrons. The summed E-state index contributed by atoms with van der Waals surface area (Å²) in [6.07, 6.45) is 6.27. The lowest BCUT2D eigenvalue weighted by molar-refractivity contribution is -0.147. The summed E-state index contributed by atoms with van der Waals surface area (Å²) in [6.45, 7) is 2.65. The van der Waals surface area contributed by atoms with Gasteiger partial charge in [-0.25, -0.2) is 0 Å². The quantitative estimate of drug-likeness (QED) is 0.478. The molecule has 1 aliphatic carbocycles. The van der Waals surface area contributed by atoms with E-state index in [0.29, 0.717) is 19.4 Å². The molecule has 0 aliphatic heterocycles. The third kappa shape index (κ3) is 5.03. The van der Waals surface area contributed by atoms with Crippen molar-refractivity contribution in [2.24, 2.45) is 17.8 Å². The number of carbonyl (C=O) groups is 2. The number of nitrogens with one attached hydrogen (secondary N) is 1. The summed E-state index contributed by atoms with van der Waals surface area (Å²) >= 11 is 0. The van der Waals surface area contributed by atoms with Crippen LogP contribution in [0.2, 0.25) is 0 Å². The first-order valence-corrected chi connectivity index (χ1v) is 6.82. The molecule has 0 aromatic heterocycles. The monoisotopic (exact) mass is 269 g/mol. The van der Waals surface area contributed by atoms with Gasteiger partial charge in [-0.1, -0.05) is 19.1 Å². The second-order valence-corrected chi connectivity index (χ2v) is 5.22. The van der Waals surface area contributed by atoms with E-state index >= 15 is 0 Å². The molecule has 0 aromatic rings. The Morgan fingerprint density at radius 3 is 2.53 bits per heavy atom. The molecule has 1 aliphatic rings. The molecule has 1 rings (SSSR count).